The van der Waals surface area contributed by atoms with Gasteiger partial charge in [0.2, 0.25) is 0 Å². The predicted octanol–water partition coefficient (Wildman–Crippen LogP) is 2.43. The van der Waals surface area contributed by atoms with E-state index in [2.05, 4.69) is 5.10 Å². The third-order valence-corrected chi connectivity index (χ3v) is 4.03. The molecule has 1 fully saturated rings. The second-order valence-corrected chi connectivity index (χ2v) is 5.68. The number of rotatable bonds is 3. The highest BCUT2D eigenvalue weighted by molar-refractivity contribution is 5.95. The fraction of sp³-hybridized carbons (Fsp3) is 0.412. The molecule has 0 radical (unpaired) electrons. The minimum atomic E-state index is -0.294. The molecule has 6 heteroatoms. The van der Waals surface area contributed by atoms with Gasteiger partial charge in [0.25, 0.3) is 5.91 Å². The number of morpholine rings is 1. The van der Waals surface area contributed by atoms with Crippen LogP contribution in [0.2, 0.25) is 0 Å². The van der Waals surface area contributed by atoms with Crippen LogP contribution in [0.5, 0.6) is 0 Å². The maximum Gasteiger partial charge on any atom is 0.257 e. The Morgan fingerprint density at radius 3 is 2.78 bits per heavy atom. The molecule has 1 aromatic carbocycles. The van der Waals surface area contributed by atoms with E-state index in [9.17, 15) is 9.18 Å². The summed E-state index contributed by atoms with van der Waals surface area (Å²) in [7, 11) is 0. The summed E-state index contributed by atoms with van der Waals surface area (Å²) in [5.41, 5.74) is 2.18. The number of halogens is 1. The first-order valence-electron chi connectivity index (χ1n) is 7.84. The number of hydrogen-bond acceptors (Lipinski definition) is 3. The third-order valence-electron chi connectivity index (χ3n) is 4.03. The standard InChI is InChI=1S/C17H20FN3O2/c1-3-16-15(17(22)20-8-9-23-12(2)11-20)10-19-21(16)14-6-4-13(18)5-7-14/h4-7,10,12H,3,8-9,11H2,1-2H3/t12-/m0/s1. The number of benzene rings is 1. The molecule has 0 spiro atoms. The Labute approximate surface area is 134 Å². The van der Waals surface area contributed by atoms with E-state index < -0.39 is 0 Å². The number of ether oxygens (including phenoxy) is 1. The van der Waals surface area contributed by atoms with Crippen LogP contribution in [0.1, 0.15) is 29.9 Å². The van der Waals surface area contributed by atoms with Gasteiger partial charge in [0.1, 0.15) is 5.82 Å². The maximum atomic E-state index is 13.1. The minimum Gasteiger partial charge on any atom is -0.375 e. The van der Waals surface area contributed by atoms with E-state index >= 15 is 0 Å². The van der Waals surface area contributed by atoms with Gasteiger partial charge in [-0.25, -0.2) is 9.07 Å². The second kappa shape index (κ2) is 6.50. The van der Waals surface area contributed by atoms with Crippen LogP contribution in [0.25, 0.3) is 5.69 Å². The van der Waals surface area contributed by atoms with Gasteiger partial charge < -0.3 is 9.64 Å². The minimum absolute atomic E-state index is 0.0228. The first kappa shape index (κ1) is 15.7. The molecular weight excluding hydrogens is 297 g/mol. The van der Waals surface area contributed by atoms with E-state index in [1.807, 2.05) is 13.8 Å². The van der Waals surface area contributed by atoms with Crippen molar-refractivity contribution in [2.45, 2.75) is 26.4 Å². The molecule has 0 unspecified atom stereocenters. The van der Waals surface area contributed by atoms with Crippen molar-refractivity contribution in [3.8, 4) is 5.69 Å². The molecular formula is C17H20FN3O2. The van der Waals surface area contributed by atoms with E-state index in [1.165, 1.54) is 12.1 Å². The summed E-state index contributed by atoms with van der Waals surface area (Å²) >= 11 is 0. The van der Waals surface area contributed by atoms with E-state index in [-0.39, 0.29) is 17.8 Å². The molecule has 0 aliphatic carbocycles. The number of carbonyl (C=O) groups is 1. The zero-order chi connectivity index (χ0) is 16.4. The molecule has 1 aliphatic heterocycles. The summed E-state index contributed by atoms with van der Waals surface area (Å²) in [6, 6.07) is 6.10. The van der Waals surface area contributed by atoms with Crippen LogP contribution < -0.4 is 0 Å². The molecule has 122 valence electrons. The van der Waals surface area contributed by atoms with Crippen LogP contribution in [0.3, 0.4) is 0 Å². The predicted molar refractivity (Wildman–Crippen MR) is 84.2 cm³/mol. The Balaban J connectivity index is 1.91. The van der Waals surface area contributed by atoms with Gasteiger partial charge in [-0.05, 0) is 37.6 Å². The zero-order valence-electron chi connectivity index (χ0n) is 13.3. The lowest BCUT2D eigenvalue weighted by Gasteiger charge is -2.31. The van der Waals surface area contributed by atoms with Gasteiger partial charge in [0.15, 0.2) is 0 Å². The van der Waals surface area contributed by atoms with Gasteiger partial charge in [-0.1, -0.05) is 6.92 Å². The quantitative estimate of drug-likeness (QED) is 0.873. The topological polar surface area (TPSA) is 47.4 Å². The average Bonchev–Trinajstić information content (AvgIpc) is 2.98. The first-order chi connectivity index (χ1) is 11.1. The summed E-state index contributed by atoms with van der Waals surface area (Å²) in [6.07, 6.45) is 2.31. The lowest BCUT2D eigenvalue weighted by atomic mass is 10.1. The van der Waals surface area contributed by atoms with Crippen molar-refractivity contribution in [1.29, 1.82) is 0 Å². The normalized spacial score (nSPS) is 18.2. The van der Waals surface area contributed by atoms with Crippen molar-refractivity contribution in [2.75, 3.05) is 19.7 Å². The third kappa shape index (κ3) is 3.12. The number of carbonyl (C=O) groups excluding carboxylic acids is 1. The van der Waals surface area contributed by atoms with Crippen molar-refractivity contribution >= 4 is 5.91 Å². The lowest BCUT2D eigenvalue weighted by molar-refractivity contribution is -0.0124. The van der Waals surface area contributed by atoms with Gasteiger partial charge in [0, 0.05) is 13.1 Å². The smallest absolute Gasteiger partial charge is 0.257 e. The molecule has 1 aliphatic rings. The average molecular weight is 317 g/mol. The van der Waals surface area contributed by atoms with Crippen LogP contribution in [0.4, 0.5) is 4.39 Å². The van der Waals surface area contributed by atoms with Crippen molar-refractivity contribution < 1.29 is 13.9 Å². The highest BCUT2D eigenvalue weighted by Gasteiger charge is 2.26. The zero-order valence-corrected chi connectivity index (χ0v) is 13.3. The van der Waals surface area contributed by atoms with Gasteiger partial charge in [-0.2, -0.15) is 5.10 Å². The number of hydrogen-bond donors (Lipinski definition) is 0. The number of nitrogens with zero attached hydrogens (tertiary/aromatic N) is 3. The molecule has 0 N–H and O–H groups in total. The van der Waals surface area contributed by atoms with Crippen LogP contribution >= 0.6 is 0 Å². The first-order valence-corrected chi connectivity index (χ1v) is 7.84. The van der Waals surface area contributed by atoms with Gasteiger partial charge in [-0.15, -0.1) is 0 Å². The molecule has 2 heterocycles. The van der Waals surface area contributed by atoms with E-state index in [0.29, 0.717) is 31.7 Å². The maximum absolute atomic E-state index is 13.1. The lowest BCUT2D eigenvalue weighted by Crippen LogP contribution is -2.44. The Morgan fingerprint density at radius 2 is 2.13 bits per heavy atom. The summed E-state index contributed by atoms with van der Waals surface area (Å²) < 4.78 is 20.3. The number of aromatic nitrogens is 2. The fourth-order valence-electron chi connectivity index (χ4n) is 2.87. The molecule has 0 saturated carbocycles. The van der Waals surface area contributed by atoms with Gasteiger partial charge >= 0.3 is 0 Å². The highest BCUT2D eigenvalue weighted by atomic mass is 19.1. The van der Waals surface area contributed by atoms with E-state index in [0.717, 1.165) is 11.4 Å². The van der Waals surface area contributed by atoms with Crippen LogP contribution in [-0.4, -0.2) is 46.4 Å². The van der Waals surface area contributed by atoms with E-state index in [1.54, 1.807) is 27.9 Å². The largest absolute Gasteiger partial charge is 0.375 e. The molecule has 1 atom stereocenters. The Morgan fingerprint density at radius 1 is 1.39 bits per heavy atom. The van der Waals surface area contributed by atoms with Crippen molar-refractivity contribution in [2.24, 2.45) is 0 Å². The van der Waals surface area contributed by atoms with Crippen LogP contribution in [0.15, 0.2) is 30.5 Å². The molecule has 1 amide bonds. The Hall–Kier alpha value is -2.21. The molecule has 1 saturated heterocycles. The molecule has 0 bridgehead atoms. The van der Waals surface area contributed by atoms with Gasteiger partial charge in [-0.3, -0.25) is 4.79 Å². The van der Waals surface area contributed by atoms with Crippen molar-refractivity contribution in [1.82, 2.24) is 14.7 Å². The molecule has 5 nitrogen and oxygen atoms in total. The van der Waals surface area contributed by atoms with Crippen molar-refractivity contribution in [3.63, 3.8) is 0 Å². The Bertz CT molecular complexity index is 696. The summed E-state index contributed by atoms with van der Waals surface area (Å²) in [6.45, 7) is 5.68. The number of amides is 1. The molecule has 1 aromatic heterocycles. The molecule has 23 heavy (non-hydrogen) atoms. The van der Waals surface area contributed by atoms with Crippen molar-refractivity contribution in [3.05, 3.63) is 47.5 Å². The summed E-state index contributed by atoms with van der Waals surface area (Å²) in [5, 5.41) is 4.34. The summed E-state index contributed by atoms with van der Waals surface area (Å²) in [5.74, 6) is -0.317. The second-order valence-electron chi connectivity index (χ2n) is 5.68. The molecule has 2 aromatic rings. The Kier molecular flexibility index (Phi) is 4.43. The van der Waals surface area contributed by atoms with Gasteiger partial charge in [0.05, 0.1) is 35.9 Å². The SMILES string of the molecule is CCc1c(C(=O)N2CCO[C@@H](C)C2)cnn1-c1ccc(F)cc1. The van der Waals surface area contributed by atoms with Crippen LogP contribution in [0, 0.1) is 5.82 Å². The monoisotopic (exact) mass is 317 g/mol. The summed E-state index contributed by atoms with van der Waals surface area (Å²) in [4.78, 5) is 14.6. The molecule has 3 rings (SSSR count). The van der Waals surface area contributed by atoms with E-state index in [4.69, 9.17) is 4.74 Å². The fourth-order valence-corrected chi connectivity index (χ4v) is 2.87. The highest BCUT2D eigenvalue weighted by Crippen LogP contribution is 2.19. The van der Waals surface area contributed by atoms with Crippen LogP contribution in [-0.2, 0) is 11.2 Å².